The summed E-state index contributed by atoms with van der Waals surface area (Å²) >= 11 is 0. The maximum absolute atomic E-state index is 12.9. The third-order valence-electron chi connectivity index (χ3n) is 7.43. The van der Waals surface area contributed by atoms with Gasteiger partial charge in [-0.05, 0) is 55.5 Å². The van der Waals surface area contributed by atoms with E-state index in [1.54, 1.807) is 12.4 Å². The molecule has 4 aromatic heterocycles. The molecule has 186 valence electrons. The van der Waals surface area contributed by atoms with Gasteiger partial charge in [-0.3, -0.25) is 15.6 Å². The molecule has 3 atom stereocenters. The number of aromatic amines is 2. The van der Waals surface area contributed by atoms with Gasteiger partial charge < -0.3 is 20.6 Å². The summed E-state index contributed by atoms with van der Waals surface area (Å²) < 4.78 is 0. The number of aromatic nitrogens is 5. The van der Waals surface area contributed by atoms with Crippen LogP contribution in [0.2, 0.25) is 0 Å². The van der Waals surface area contributed by atoms with Crippen LogP contribution in [-0.4, -0.2) is 49.5 Å². The number of nitrogens with zero attached hydrogens (tertiary/aromatic N) is 3. The van der Waals surface area contributed by atoms with Crippen LogP contribution < -0.4 is 21.5 Å². The zero-order valence-corrected chi connectivity index (χ0v) is 20.1. The molecule has 1 saturated carbocycles. The summed E-state index contributed by atoms with van der Waals surface area (Å²) in [7, 11) is 0. The summed E-state index contributed by atoms with van der Waals surface area (Å²) in [5.41, 5.74) is 10.3. The summed E-state index contributed by atoms with van der Waals surface area (Å²) in [5.74, 6) is 1.92. The Bertz CT molecular complexity index is 1610. The van der Waals surface area contributed by atoms with Gasteiger partial charge in [0, 0.05) is 52.9 Å². The van der Waals surface area contributed by atoms with Crippen LogP contribution in [0, 0.1) is 5.92 Å². The highest BCUT2D eigenvalue weighted by molar-refractivity contribution is 6.06. The Labute approximate surface area is 212 Å². The molecule has 0 spiro atoms. The molecule has 5 aromatic rings. The van der Waals surface area contributed by atoms with Crippen molar-refractivity contribution in [3.8, 4) is 11.4 Å². The fourth-order valence-corrected chi connectivity index (χ4v) is 5.51. The van der Waals surface area contributed by atoms with Crippen molar-refractivity contribution in [2.45, 2.75) is 31.3 Å². The third kappa shape index (κ3) is 4.30. The summed E-state index contributed by atoms with van der Waals surface area (Å²) in [6.07, 6.45) is 8.65. The van der Waals surface area contributed by atoms with Gasteiger partial charge in [-0.1, -0.05) is 12.1 Å². The van der Waals surface area contributed by atoms with E-state index in [-0.39, 0.29) is 5.91 Å². The van der Waals surface area contributed by atoms with E-state index in [1.807, 2.05) is 48.7 Å². The molecule has 37 heavy (non-hydrogen) atoms. The smallest absolute Gasteiger partial charge is 0.272 e. The molecule has 10 heteroatoms. The normalized spacial score (nSPS) is 21.2. The van der Waals surface area contributed by atoms with Gasteiger partial charge in [0.1, 0.15) is 17.2 Å². The molecule has 1 aliphatic heterocycles. The van der Waals surface area contributed by atoms with Crippen molar-refractivity contribution in [2.24, 2.45) is 5.92 Å². The Morgan fingerprint density at radius 1 is 1.03 bits per heavy atom. The van der Waals surface area contributed by atoms with Gasteiger partial charge in [0.15, 0.2) is 5.82 Å². The Morgan fingerprint density at radius 2 is 2.00 bits per heavy atom. The number of carbonyl (C=O) groups excluding carboxylic acids is 1. The van der Waals surface area contributed by atoms with Gasteiger partial charge in [0.2, 0.25) is 0 Å². The predicted molar refractivity (Wildman–Crippen MR) is 143 cm³/mol. The van der Waals surface area contributed by atoms with Crippen LogP contribution in [0.15, 0.2) is 61.1 Å². The molecule has 6 N–H and O–H groups in total. The highest BCUT2D eigenvalue weighted by atomic mass is 16.1. The molecular weight excluding hydrogens is 466 g/mol. The maximum Gasteiger partial charge on any atom is 0.272 e. The van der Waals surface area contributed by atoms with Crippen molar-refractivity contribution in [1.82, 2.24) is 35.8 Å². The van der Waals surface area contributed by atoms with Crippen molar-refractivity contribution in [3.05, 3.63) is 66.7 Å². The lowest BCUT2D eigenvalue weighted by Crippen LogP contribution is -2.39. The minimum absolute atomic E-state index is 0.223. The van der Waals surface area contributed by atoms with Gasteiger partial charge >= 0.3 is 0 Å². The molecular formula is C27H27N9O. The van der Waals surface area contributed by atoms with Crippen molar-refractivity contribution >= 4 is 39.3 Å². The number of hydrogen-bond donors (Lipinski definition) is 6. The molecule has 1 aliphatic carbocycles. The fraction of sp³-hybridized carbons (Fsp3) is 0.259. The Hall–Kier alpha value is -4.28. The van der Waals surface area contributed by atoms with Crippen LogP contribution in [0.1, 0.15) is 29.8 Å². The first-order valence-electron chi connectivity index (χ1n) is 12.6. The van der Waals surface area contributed by atoms with E-state index in [0.29, 0.717) is 35.2 Å². The van der Waals surface area contributed by atoms with Crippen molar-refractivity contribution < 1.29 is 4.79 Å². The highest BCUT2D eigenvalue weighted by Crippen LogP contribution is 2.29. The van der Waals surface area contributed by atoms with E-state index < -0.39 is 0 Å². The molecule has 3 unspecified atom stereocenters. The molecule has 0 bridgehead atoms. The number of nitrogens with one attached hydrogen (secondary N) is 6. The van der Waals surface area contributed by atoms with Gasteiger partial charge in [-0.25, -0.2) is 15.0 Å². The first-order valence-corrected chi connectivity index (χ1v) is 12.6. The second-order valence-corrected chi connectivity index (χ2v) is 9.89. The highest BCUT2D eigenvalue weighted by Gasteiger charge is 2.33. The van der Waals surface area contributed by atoms with E-state index in [4.69, 9.17) is 4.98 Å². The lowest BCUT2D eigenvalue weighted by molar-refractivity contribution is 0.102. The van der Waals surface area contributed by atoms with Crippen molar-refractivity contribution in [3.63, 3.8) is 0 Å². The molecule has 2 aliphatic rings. The topological polar surface area (TPSA) is 135 Å². The average Bonchev–Trinajstić information content (AvgIpc) is 3.67. The molecule has 1 saturated heterocycles. The zero-order chi connectivity index (χ0) is 24.8. The van der Waals surface area contributed by atoms with E-state index >= 15 is 0 Å². The minimum Gasteiger partial charge on any atom is -0.367 e. The second-order valence-electron chi connectivity index (χ2n) is 9.89. The Kier molecular flexibility index (Phi) is 5.33. The quantitative estimate of drug-likeness (QED) is 0.219. The molecule has 1 amide bonds. The van der Waals surface area contributed by atoms with E-state index in [1.165, 1.54) is 0 Å². The summed E-state index contributed by atoms with van der Waals surface area (Å²) in [5, 5.41) is 8.42. The number of rotatable bonds is 5. The number of carbonyl (C=O) groups is 1. The number of benzene rings is 1. The Morgan fingerprint density at radius 3 is 2.97 bits per heavy atom. The maximum atomic E-state index is 12.9. The van der Waals surface area contributed by atoms with Gasteiger partial charge in [-0.15, -0.1) is 0 Å². The van der Waals surface area contributed by atoms with Crippen LogP contribution in [0.5, 0.6) is 0 Å². The third-order valence-corrected chi connectivity index (χ3v) is 7.43. The molecule has 0 radical (unpaired) electrons. The summed E-state index contributed by atoms with van der Waals surface area (Å²) in [6.45, 7) is 1.02. The van der Waals surface area contributed by atoms with Gasteiger partial charge in [0.25, 0.3) is 5.91 Å². The number of hydrogen-bond acceptors (Lipinski definition) is 7. The van der Waals surface area contributed by atoms with Gasteiger partial charge in [-0.2, -0.15) is 0 Å². The van der Waals surface area contributed by atoms with Crippen LogP contribution in [0.25, 0.3) is 33.3 Å². The molecule has 5 heterocycles. The average molecular weight is 494 g/mol. The number of H-pyrrole nitrogens is 2. The first-order chi connectivity index (χ1) is 18.2. The van der Waals surface area contributed by atoms with Crippen molar-refractivity contribution in [2.75, 3.05) is 17.2 Å². The lowest BCUT2D eigenvalue weighted by Gasteiger charge is -2.31. The van der Waals surface area contributed by atoms with E-state index in [9.17, 15) is 4.79 Å². The second kappa shape index (κ2) is 8.99. The van der Waals surface area contributed by atoms with Crippen LogP contribution in [0.4, 0.5) is 11.5 Å². The van der Waals surface area contributed by atoms with E-state index in [0.717, 1.165) is 59.1 Å². The van der Waals surface area contributed by atoms with E-state index in [2.05, 4.69) is 41.4 Å². The van der Waals surface area contributed by atoms with Crippen LogP contribution in [0.3, 0.4) is 0 Å². The number of pyridine rings is 1. The van der Waals surface area contributed by atoms with Crippen LogP contribution in [-0.2, 0) is 0 Å². The van der Waals surface area contributed by atoms with Crippen molar-refractivity contribution in [1.29, 1.82) is 0 Å². The fourth-order valence-electron chi connectivity index (χ4n) is 5.51. The summed E-state index contributed by atoms with van der Waals surface area (Å²) in [4.78, 5) is 32.8. The summed E-state index contributed by atoms with van der Waals surface area (Å²) in [6, 6.07) is 14.5. The SMILES string of the molecule is O=C(Nc1cnc2[nH]ccc2c1)c1cc2ccc(-c3nccc(NC4CCC5NNCC5C4)n3)cc2[nH]1. The molecule has 1 aromatic carbocycles. The monoisotopic (exact) mass is 493 g/mol. The largest absolute Gasteiger partial charge is 0.367 e. The zero-order valence-electron chi connectivity index (χ0n) is 20.1. The number of hydrazine groups is 1. The number of amides is 1. The Balaban J connectivity index is 1.08. The standard InChI is InChI=1S/C27H27N9O/c37-27(33-20-9-17-5-7-28-25(17)30-14-20)23-11-15-1-2-16(12-22(15)34-23)26-29-8-6-24(35-26)32-19-3-4-21-18(10-19)13-31-36-21/h1-2,5-9,11-12,14,18-19,21,31,34,36H,3-4,10,13H2,(H,28,30)(H,33,37)(H,29,32,35). The lowest BCUT2D eigenvalue weighted by atomic mass is 9.83. The number of anilines is 2. The molecule has 7 rings (SSSR count). The van der Waals surface area contributed by atoms with Crippen LogP contribution >= 0.6 is 0 Å². The van der Waals surface area contributed by atoms with Gasteiger partial charge in [0.05, 0.1) is 11.9 Å². The number of fused-ring (bicyclic) bond motifs is 3. The molecule has 2 fully saturated rings. The first kappa shape index (κ1) is 22.0. The predicted octanol–water partition coefficient (Wildman–Crippen LogP) is 3.81. The minimum atomic E-state index is -0.223. The molecule has 10 nitrogen and oxygen atoms in total.